The van der Waals surface area contributed by atoms with E-state index in [4.69, 9.17) is 0 Å². The largest absolute Gasteiger partial charge is 0.139 e. The highest BCUT2D eigenvalue weighted by Gasteiger charge is 2.49. The molecule has 3 aromatic carbocycles. The Morgan fingerprint density at radius 1 is 0.862 bits per heavy atom. The van der Waals surface area contributed by atoms with Gasteiger partial charge in [-0.25, -0.2) is 0 Å². The minimum atomic E-state index is 0.0899. The van der Waals surface area contributed by atoms with Crippen molar-refractivity contribution in [2.45, 2.75) is 38.0 Å². The summed E-state index contributed by atoms with van der Waals surface area (Å²) in [6.07, 6.45) is 7.90. The Morgan fingerprint density at radius 3 is 2.45 bits per heavy atom. The van der Waals surface area contributed by atoms with Gasteiger partial charge in [0.25, 0.3) is 0 Å². The highest BCUT2D eigenvalue weighted by molar-refractivity contribution is 6.32. The van der Waals surface area contributed by atoms with Gasteiger partial charge >= 0.3 is 0 Å². The minimum Gasteiger partial charge on any atom is -0.0886 e. The Kier molecular flexibility index (Phi) is 3.72. The summed E-state index contributed by atoms with van der Waals surface area (Å²) in [5.74, 6) is 1.58. The van der Waals surface area contributed by atoms with Crippen molar-refractivity contribution in [1.82, 2.24) is 0 Å². The molecular formula is C28H27B. The standard InChI is InChI=1S/C28H27B/c1-18-13-19-11-12-28(22(14-18)15-19)26-16-21(20-5-3-2-4-6-20)7-9-24(26)25-10-8-23(29)17-27(25)28/h2-10,14,16-19H,11-13,15,29H2,1H3. The molecule has 1 saturated carbocycles. The lowest BCUT2D eigenvalue weighted by Crippen LogP contribution is -2.37. The average molecular weight is 374 g/mol. The number of allylic oxidation sites excluding steroid dienone is 2. The molecule has 0 heterocycles. The van der Waals surface area contributed by atoms with Crippen LogP contribution in [0, 0.1) is 11.8 Å². The van der Waals surface area contributed by atoms with Crippen molar-refractivity contribution < 1.29 is 0 Å². The van der Waals surface area contributed by atoms with E-state index in [0.29, 0.717) is 5.92 Å². The van der Waals surface area contributed by atoms with Crippen molar-refractivity contribution in [2.75, 3.05) is 0 Å². The van der Waals surface area contributed by atoms with Gasteiger partial charge in [-0.05, 0) is 77.0 Å². The van der Waals surface area contributed by atoms with E-state index < -0.39 is 0 Å². The molecular weight excluding hydrogens is 347 g/mol. The predicted octanol–water partition coefficient (Wildman–Crippen LogP) is 5.64. The first kappa shape index (κ1) is 17.3. The Hall–Kier alpha value is -2.54. The van der Waals surface area contributed by atoms with Gasteiger partial charge in [-0.1, -0.05) is 84.7 Å². The molecule has 3 atom stereocenters. The van der Waals surface area contributed by atoms with Crippen molar-refractivity contribution in [1.29, 1.82) is 0 Å². The van der Waals surface area contributed by atoms with Gasteiger partial charge in [0.2, 0.25) is 0 Å². The second-order valence-corrected chi connectivity index (χ2v) is 9.59. The summed E-state index contributed by atoms with van der Waals surface area (Å²) in [5, 5.41) is 0. The van der Waals surface area contributed by atoms with Crippen LogP contribution >= 0.6 is 0 Å². The highest BCUT2D eigenvalue weighted by Crippen LogP contribution is 2.60. The predicted molar refractivity (Wildman–Crippen MR) is 125 cm³/mol. The third kappa shape index (κ3) is 2.46. The van der Waals surface area contributed by atoms with Crippen molar-refractivity contribution in [3.63, 3.8) is 0 Å². The smallest absolute Gasteiger partial charge is 0.0886 e. The molecule has 0 nitrogen and oxygen atoms in total. The fraction of sp³-hybridized carbons (Fsp3) is 0.286. The van der Waals surface area contributed by atoms with Crippen molar-refractivity contribution in [3.8, 4) is 22.3 Å². The van der Waals surface area contributed by atoms with Crippen LogP contribution in [-0.2, 0) is 5.41 Å². The molecule has 3 aromatic rings. The van der Waals surface area contributed by atoms with Gasteiger partial charge in [-0.2, -0.15) is 0 Å². The molecule has 0 aliphatic heterocycles. The van der Waals surface area contributed by atoms with Crippen LogP contribution in [0.2, 0.25) is 0 Å². The van der Waals surface area contributed by atoms with E-state index in [1.807, 2.05) is 0 Å². The second-order valence-electron chi connectivity index (χ2n) is 9.59. The maximum atomic E-state index is 2.63. The Bertz CT molecular complexity index is 1140. The molecule has 3 aliphatic carbocycles. The summed E-state index contributed by atoms with van der Waals surface area (Å²) in [6.45, 7) is 2.42. The van der Waals surface area contributed by atoms with E-state index in [0.717, 1.165) is 5.92 Å². The summed E-state index contributed by atoms with van der Waals surface area (Å²) in [5.41, 5.74) is 11.9. The average Bonchev–Trinajstić information content (AvgIpc) is 3.01. The fourth-order valence-electron chi connectivity index (χ4n) is 6.47. The summed E-state index contributed by atoms with van der Waals surface area (Å²) in [7, 11) is 2.25. The minimum absolute atomic E-state index is 0.0899. The Morgan fingerprint density at radius 2 is 1.62 bits per heavy atom. The van der Waals surface area contributed by atoms with Crippen molar-refractivity contribution >= 4 is 13.3 Å². The molecule has 29 heavy (non-hydrogen) atoms. The zero-order chi connectivity index (χ0) is 19.6. The Labute approximate surface area is 175 Å². The van der Waals surface area contributed by atoms with Crippen LogP contribution in [0.3, 0.4) is 0 Å². The third-order valence-corrected chi connectivity index (χ3v) is 7.69. The van der Waals surface area contributed by atoms with Crippen LogP contribution in [0.4, 0.5) is 0 Å². The quantitative estimate of drug-likeness (QED) is 0.382. The van der Waals surface area contributed by atoms with E-state index in [9.17, 15) is 0 Å². The summed E-state index contributed by atoms with van der Waals surface area (Å²) in [4.78, 5) is 0. The molecule has 1 heteroatoms. The number of hydrogen-bond acceptors (Lipinski definition) is 0. The molecule has 6 rings (SSSR count). The number of rotatable bonds is 1. The number of benzene rings is 3. The maximum absolute atomic E-state index is 2.63. The van der Waals surface area contributed by atoms with E-state index >= 15 is 0 Å². The van der Waals surface area contributed by atoms with Crippen molar-refractivity contribution in [2.24, 2.45) is 11.8 Å². The van der Waals surface area contributed by atoms with Crippen LogP contribution in [0.15, 0.2) is 78.4 Å². The molecule has 142 valence electrons. The van der Waals surface area contributed by atoms with Crippen molar-refractivity contribution in [3.05, 3.63) is 89.5 Å². The third-order valence-electron chi connectivity index (χ3n) is 7.69. The van der Waals surface area contributed by atoms with Crippen LogP contribution in [0.5, 0.6) is 0 Å². The molecule has 1 fully saturated rings. The summed E-state index contributed by atoms with van der Waals surface area (Å²) in [6, 6.07) is 25.2. The van der Waals surface area contributed by atoms with Gasteiger partial charge in [-0.15, -0.1) is 0 Å². The fourth-order valence-corrected chi connectivity index (χ4v) is 6.47. The molecule has 0 N–H and O–H groups in total. The van der Waals surface area contributed by atoms with Crippen LogP contribution in [-0.4, -0.2) is 7.85 Å². The molecule has 0 amide bonds. The van der Waals surface area contributed by atoms with Gasteiger partial charge in [0.15, 0.2) is 0 Å². The van der Waals surface area contributed by atoms with E-state index in [2.05, 4.69) is 87.6 Å². The topological polar surface area (TPSA) is 0 Å². The molecule has 0 radical (unpaired) electrons. The lowest BCUT2D eigenvalue weighted by molar-refractivity contribution is 0.284. The summed E-state index contributed by atoms with van der Waals surface area (Å²) < 4.78 is 0. The first-order valence-electron chi connectivity index (χ1n) is 11.2. The second kappa shape index (κ2) is 6.23. The van der Waals surface area contributed by atoms with Crippen LogP contribution < -0.4 is 5.46 Å². The monoisotopic (exact) mass is 374 g/mol. The molecule has 1 spiro atoms. The maximum Gasteiger partial charge on any atom is 0.139 e. The SMILES string of the molecule is Bc1ccc2c(c1)C1(CCC3CC1=CC(C)C3)c1cc(-c3ccccc3)ccc1-2. The molecule has 3 aliphatic rings. The Balaban J connectivity index is 1.64. The van der Waals surface area contributed by atoms with Gasteiger partial charge in [-0.3, -0.25) is 0 Å². The normalized spacial score (nSPS) is 26.7. The zero-order valence-corrected chi connectivity index (χ0v) is 17.4. The molecule has 2 bridgehead atoms. The van der Waals surface area contributed by atoms with E-state index in [1.165, 1.54) is 53.4 Å². The first-order valence-corrected chi connectivity index (χ1v) is 11.2. The van der Waals surface area contributed by atoms with Crippen LogP contribution in [0.1, 0.15) is 43.7 Å². The van der Waals surface area contributed by atoms with Gasteiger partial charge < -0.3 is 0 Å². The lowest BCUT2D eigenvalue weighted by atomic mass is 9.58. The zero-order valence-electron chi connectivity index (χ0n) is 17.4. The summed E-state index contributed by atoms with van der Waals surface area (Å²) >= 11 is 0. The van der Waals surface area contributed by atoms with Gasteiger partial charge in [0, 0.05) is 5.41 Å². The number of fused-ring (bicyclic) bond motifs is 8. The molecule has 0 aromatic heterocycles. The van der Waals surface area contributed by atoms with Crippen LogP contribution in [0.25, 0.3) is 22.3 Å². The highest BCUT2D eigenvalue weighted by atomic mass is 14.5. The lowest BCUT2D eigenvalue weighted by Gasteiger charge is -2.45. The molecule has 3 unspecified atom stereocenters. The van der Waals surface area contributed by atoms with Gasteiger partial charge in [0.05, 0.1) is 0 Å². The van der Waals surface area contributed by atoms with Gasteiger partial charge in [0.1, 0.15) is 7.85 Å². The molecule has 0 saturated heterocycles. The first-order chi connectivity index (χ1) is 14.1. The van der Waals surface area contributed by atoms with E-state index in [-0.39, 0.29) is 5.41 Å². The van der Waals surface area contributed by atoms with E-state index in [1.54, 1.807) is 16.7 Å². The number of hydrogen-bond donors (Lipinski definition) is 0.